The van der Waals surface area contributed by atoms with Crippen molar-refractivity contribution < 1.29 is 4.74 Å². The van der Waals surface area contributed by atoms with Crippen molar-refractivity contribution in [3.63, 3.8) is 0 Å². The molecule has 1 aromatic rings. The van der Waals surface area contributed by atoms with Crippen molar-refractivity contribution in [2.75, 3.05) is 20.2 Å². The van der Waals surface area contributed by atoms with Gasteiger partial charge in [0.25, 0.3) is 0 Å². The van der Waals surface area contributed by atoms with Crippen LogP contribution in [0.2, 0.25) is 5.02 Å². The first kappa shape index (κ1) is 16.6. The maximum atomic E-state index is 6.18. The van der Waals surface area contributed by atoms with E-state index in [1.165, 1.54) is 37.7 Å². The van der Waals surface area contributed by atoms with Crippen LogP contribution in [-0.4, -0.2) is 20.2 Å². The predicted molar refractivity (Wildman–Crippen MR) is 90.3 cm³/mol. The lowest BCUT2D eigenvalue weighted by Gasteiger charge is -2.26. The number of hydrogen-bond acceptors (Lipinski definition) is 2. The molecule has 2 rings (SSSR count). The molecule has 118 valence electrons. The number of benzene rings is 1. The smallest absolute Gasteiger partial charge is 0.122 e. The molecule has 2 atom stereocenters. The van der Waals surface area contributed by atoms with Gasteiger partial charge in [-0.05, 0) is 68.0 Å². The Bertz CT molecular complexity index is 435. The first-order chi connectivity index (χ1) is 10.2. The number of hydrogen-bond donors (Lipinski definition) is 1. The van der Waals surface area contributed by atoms with Crippen LogP contribution in [0.3, 0.4) is 0 Å². The fourth-order valence-electron chi connectivity index (χ4n) is 3.52. The molecule has 21 heavy (non-hydrogen) atoms. The zero-order valence-corrected chi connectivity index (χ0v) is 14.1. The van der Waals surface area contributed by atoms with Crippen LogP contribution in [-0.2, 0) is 6.42 Å². The Kier molecular flexibility index (Phi) is 6.85. The van der Waals surface area contributed by atoms with E-state index in [9.17, 15) is 0 Å². The van der Waals surface area contributed by atoms with Crippen LogP contribution in [0, 0.1) is 11.8 Å². The summed E-state index contributed by atoms with van der Waals surface area (Å²) in [5.41, 5.74) is 1.26. The van der Waals surface area contributed by atoms with E-state index in [-0.39, 0.29) is 0 Å². The van der Waals surface area contributed by atoms with Gasteiger partial charge < -0.3 is 10.1 Å². The highest BCUT2D eigenvalue weighted by atomic mass is 35.5. The van der Waals surface area contributed by atoms with Crippen LogP contribution in [0.25, 0.3) is 0 Å². The molecule has 1 aliphatic carbocycles. The van der Waals surface area contributed by atoms with Crippen LogP contribution in [0.4, 0.5) is 0 Å². The Morgan fingerprint density at radius 2 is 1.95 bits per heavy atom. The number of methoxy groups -OCH3 is 1. The van der Waals surface area contributed by atoms with Gasteiger partial charge in [-0.2, -0.15) is 0 Å². The second kappa shape index (κ2) is 8.65. The van der Waals surface area contributed by atoms with E-state index < -0.39 is 0 Å². The average Bonchev–Trinajstić information content (AvgIpc) is 2.71. The van der Waals surface area contributed by atoms with E-state index in [0.717, 1.165) is 42.1 Å². The van der Waals surface area contributed by atoms with Gasteiger partial charge in [-0.25, -0.2) is 0 Å². The summed E-state index contributed by atoms with van der Waals surface area (Å²) in [5.74, 6) is 2.49. The molecule has 0 heterocycles. The zero-order valence-electron chi connectivity index (χ0n) is 13.3. The molecular weight excluding hydrogens is 282 g/mol. The normalized spacial score (nSPS) is 22.8. The summed E-state index contributed by atoms with van der Waals surface area (Å²) < 4.78 is 5.52. The highest BCUT2D eigenvalue weighted by Crippen LogP contribution is 2.34. The molecule has 2 unspecified atom stereocenters. The van der Waals surface area contributed by atoms with Gasteiger partial charge in [0.05, 0.1) is 7.11 Å². The first-order valence-corrected chi connectivity index (χ1v) is 8.65. The van der Waals surface area contributed by atoms with E-state index in [2.05, 4.69) is 18.3 Å². The molecule has 0 aromatic heterocycles. The molecule has 0 radical (unpaired) electrons. The first-order valence-electron chi connectivity index (χ1n) is 8.27. The van der Waals surface area contributed by atoms with Gasteiger partial charge in [0, 0.05) is 5.02 Å². The van der Waals surface area contributed by atoms with Crippen LogP contribution < -0.4 is 10.1 Å². The number of ether oxygens (including phenoxy) is 1. The van der Waals surface area contributed by atoms with Gasteiger partial charge in [0.2, 0.25) is 0 Å². The third kappa shape index (κ3) is 4.89. The Hall–Kier alpha value is -0.730. The molecule has 0 aliphatic heterocycles. The van der Waals surface area contributed by atoms with E-state index in [4.69, 9.17) is 16.3 Å². The van der Waals surface area contributed by atoms with Gasteiger partial charge in [-0.1, -0.05) is 37.8 Å². The Morgan fingerprint density at radius 1 is 1.19 bits per heavy atom. The van der Waals surface area contributed by atoms with Gasteiger partial charge in [-0.15, -0.1) is 0 Å². The lowest BCUT2D eigenvalue weighted by atomic mass is 9.83. The van der Waals surface area contributed by atoms with E-state index in [1.807, 2.05) is 12.1 Å². The van der Waals surface area contributed by atoms with Crippen molar-refractivity contribution in [3.8, 4) is 5.75 Å². The molecule has 0 saturated heterocycles. The van der Waals surface area contributed by atoms with Crippen LogP contribution >= 0.6 is 11.6 Å². The van der Waals surface area contributed by atoms with Crippen molar-refractivity contribution in [2.24, 2.45) is 11.8 Å². The maximum absolute atomic E-state index is 6.18. The van der Waals surface area contributed by atoms with E-state index in [1.54, 1.807) is 7.11 Å². The van der Waals surface area contributed by atoms with Gasteiger partial charge in [0.1, 0.15) is 5.75 Å². The Morgan fingerprint density at radius 3 is 2.67 bits per heavy atom. The highest BCUT2D eigenvalue weighted by Gasteiger charge is 2.24. The largest absolute Gasteiger partial charge is 0.496 e. The molecule has 0 bridgehead atoms. The third-order valence-corrected chi connectivity index (χ3v) is 4.93. The summed E-state index contributed by atoms with van der Waals surface area (Å²) >= 11 is 6.18. The van der Waals surface area contributed by atoms with E-state index >= 15 is 0 Å². The molecule has 1 saturated carbocycles. The maximum Gasteiger partial charge on any atom is 0.122 e. The Labute approximate surface area is 134 Å². The Balaban J connectivity index is 2.11. The lowest BCUT2D eigenvalue weighted by Crippen LogP contribution is -2.28. The second-order valence-corrected chi connectivity index (χ2v) is 6.56. The fraction of sp³-hybridized carbons (Fsp3) is 0.667. The van der Waals surface area contributed by atoms with Crippen molar-refractivity contribution in [3.05, 3.63) is 28.8 Å². The van der Waals surface area contributed by atoms with Gasteiger partial charge >= 0.3 is 0 Å². The quantitative estimate of drug-likeness (QED) is 0.769. The van der Waals surface area contributed by atoms with E-state index in [0.29, 0.717) is 0 Å². The summed E-state index contributed by atoms with van der Waals surface area (Å²) in [6.45, 7) is 4.39. The summed E-state index contributed by atoms with van der Waals surface area (Å²) in [6.07, 6.45) is 7.87. The van der Waals surface area contributed by atoms with Gasteiger partial charge in [0.15, 0.2) is 0 Å². The molecule has 0 spiro atoms. The summed E-state index contributed by atoms with van der Waals surface area (Å²) in [7, 11) is 1.75. The number of rotatable bonds is 6. The monoisotopic (exact) mass is 309 g/mol. The third-order valence-electron chi connectivity index (χ3n) is 4.70. The average molecular weight is 310 g/mol. The minimum atomic E-state index is 0.735. The van der Waals surface area contributed by atoms with Gasteiger partial charge in [-0.3, -0.25) is 0 Å². The standard InChI is InChI=1S/C18H28ClNO/c1-3-20-13-15-8-6-4-5-7-14(15)11-16-12-17(19)9-10-18(16)21-2/h9-10,12,14-15,20H,3-8,11,13H2,1-2H3. The molecule has 1 N–H and O–H groups in total. The highest BCUT2D eigenvalue weighted by molar-refractivity contribution is 6.30. The predicted octanol–water partition coefficient (Wildman–Crippen LogP) is 4.70. The molecule has 1 aliphatic rings. The van der Waals surface area contributed by atoms with Crippen LogP contribution in [0.5, 0.6) is 5.75 Å². The second-order valence-electron chi connectivity index (χ2n) is 6.13. The van der Waals surface area contributed by atoms with Crippen molar-refractivity contribution in [1.29, 1.82) is 0 Å². The van der Waals surface area contributed by atoms with Crippen molar-refractivity contribution in [1.82, 2.24) is 5.32 Å². The SMILES string of the molecule is CCNCC1CCCCCC1Cc1cc(Cl)ccc1OC. The van der Waals surface area contributed by atoms with Crippen molar-refractivity contribution in [2.45, 2.75) is 45.4 Å². The molecule has 1 fully saturated rings. The molecule has 0 amide bonds. The molecule has 3 heteroatoms. The van der Waals surface area contributed by atoms with Crippen LogP contribution in [0.15, 0.2) is 18.2 Å². The molecule has 2 nitrogen and oxygen atoms in total. The van der Waals surface area contributed by atoms with Crippen LogP contribution in [0.1, 0.15) is 44.6 Å². The summed E-state index contributed by atoms with van der Waals surface area (Å²) in [5, 5.41) is 4.35. The zero-order chi connectivity index (χ0) is 15.1. The number of nitrogens with one attached hydrogen (secondary N) is 1. The minimum Gasteiger partial charge on any atom is -0.496 e. The summed E-state index contributed by atoms with van der Waals surface area (Å²) in [6, 6.07) is 5.98. The van der Waals surface area contributed by atoms with Crippen molar-refractivity contribution >= 4 is 11.6 Å². The lowest BCUT2D eigenvalue weighted by molar-refractivity contribution is 0.296. The fourth-order valence-corrected chi connectivity index (χ4v) is 3.71. The summed E-state index contributed by atoms with van der Waals surface area (Å²) in [4.78, 5) is 0. The minimum absolute atomic E-state index is 0.735. The molecular formula is C18H28ClNO. The topological polar surface area (TPSA) is 21.3 Å². The molecule has 1 aromatic carbocycles. The number of halogens is 1.